The molecule has 1 aliphatic rings. The molecule has 1 amide bonds. The highest BCUT2D eigenvalue weighted by atomic mass is 32.2. The smallest absolute Gasteiger partial charge is 0.266 e. The molecule has 2 aromatic carbocycles. The molecule has 36 heavy (non-hydrogen) atoms. The fourth-order valence-electron chi connectivity index (χ4n) is 3.71. The van der Waals surface area contributed by atoms with Crippen LogP contribution in [0.3, 0.4) is 0 Å². The molecule has 9 heteroatoms. The quantitative estimate of drug-likeness (QED) is 0.171. The molecule has 0 atom stereocenters. The average Bonchev–Trinajstić information content (AvgIpc) is 3.42. The summed E-state index contributed by atoms with van der Waals surface area (Å²) in [4.78, 5) is 15.2. The normalized spacial score (nSPS) is 14.8. The van der Waals surface area contributed by atoms with E-state index < -0.39 is 5.82 Å². The first-order chi connectivity index (χ1) is 17.5. The van der Waals surface area contributed by atoms with E-state index >= 15 is 0 Å². The van der Waals surface area contributed by atoms with Crippen LogP contribution in [0.15, 0.2) is 59.6 Å². The molecule has 4 rings (SSSR count). The van der Waals surface area contributed by atoms with Crippen molar-refractivity contribution in [1.29, 1.82) is 0 Å². The Kier molecular flexibility index (Phi) is 8.90. The van der Waals surface area contributed by atoms with E-state index in [2.05, 4.69) is 0 Å². The lowest BCUT2D eigenvalue weighted by Gasteiger charge is -2.13. The summed E-state index contributed by atoms with van der Waals surface area (Å²) in [5, 5.41) is 4.74. The zero-order chi connectivity index (χ0) is 25.5. The van der Waals surface area contributed by atoms with Crippen molar-refractivity contribution in [2.24, 2.45) is 0 Å². The summed E-state index contributed by atoms with van der Waals surface area (Å²) in [5.74, 6) is -0.395. The first kappa shape index (κ1) is 26.1. The topological polar surface area (TPSA) is 56.6 Å². The molecule has 0 bridgehead atoms. The number of ether oxygens (including phenoxy) is 2. The lowest BCUT2D eigenvalue weighted by molar-refractivity contribution is -0.122. The van der Waals surface area contributed by atoms with Crippen molar-refractivity contribution < 1.29 is 18.7 Å². The number of aromatic nitrogens is 2. The second-order valence-corrected chi connectivity index (χ2v) is 9.77. The zero-order valence-corrected chi connectivity index (χ0v) is 21.9. The van der Waals surface area contributed by atoms with Gasteiger partial charge in [0, 0.05) is 37.1 Å². The first-order valence-electron chi connectivity index (χ1n) is 11.9. The minimum absolute atomic E-state index is 0.144. The molecule has 1 saturated heterocycles. The zero-order valence-electron chi connectivity index (χ0n) is 20.3. The van der Waals surface area contributed by atoms with Gasteiger partial charge in [-0.3, -0.25) is 9.69 Å². The van der Waals surface area contributed by atoms with Gasteiger partial charge in [0.05, 0.1) is 17.2 Å². The van der Waals surface area contributed by atoms with E-state index in [4.69, 9.17) is 26.8 Å². The molecule has 0 unspecified atom stereocenters. The number of thioether (sulfide) groups is 1. The number of halogens is 1. The maximum Gasteiger partial charge on any atom is 0.266 e. The number of carbonyl (C=O) groups is 1. The third-order valence-electron chi connectivity index (χ3n) is 5.46. The average molecular weight is 526 g/mol. The van der Waals surface area contributed by atoms with Crippen LogP contribution in [0.2, 0.25) is 0 Å². The van der Waals surface area contributed by atoms with E-state index in [0.717, 1.165) is 12.1 Å². The minimum Gasteiger partial charge on any atom is -0.491 e. The molecule has 0 N–H and O–H groups in total. The fraction of sp³-hybridized carbons (Fsp3) is 0.296. The number of para-hydroxylation sites is 1. The van der Waals surface area contributed by atoms with Crippen LogP contribution in [0, 0.1) is 5.82 Å². The summed E-state index contributed by atoms with van der Waals surface area (Å²) in [6.45, 7) is 6.06. The highest BCUT2D eigenvalue weighted by molar-refractivity contribution is 8.26. The Labute approximate surface area is 220 Å². The van der Waals surface area contributed by atoms with Gasteiger partial charge in [-0.05, 0) is 56.2 Å². The summed E-state index contributed by atoms with van der Waals surface area (Å²) in [7, 11) is 0. The summed E-state index contributed by atoms with van der Waals surface area (Å²) in [6, 6.07) is 14.4. The van der Waals surface area contributed by atoms with Crippen LogP contribution in [-0.4, -0.2) is 51.3 Å². The van der Waals surface area contributed by atoms with Gasteiger partial charge in [0.2, 0.25) is 0 Å². The Hall–Kier alpha value is -3.01. The third-order valence-corrected chi connectivity index (χ3v) is 6.84. The highest BCUT2D eigenvalue weighted by Gasteiger charge is 2.32. The third kappa shape index (κ3) is 6.03. The van der Waals surface area contributed by atoms with Gasteiger partial charge in [-0.1, -0.05) is 49.1 Å². The van der Waals surface area contributed by atoms with Crippen molar-refractivity contribution in [3.8, 4) is 22.7 Å². The molecule has 0 radical (unpaired) electrons. The van der Waals surface area contributed by atoms with Gasteiger partial charge >= 0.3 is 0 Å². The van der Waals surface area contributed by atoms with Crippen molar-refractivity contribution in [2.45, 2.75) is 26.7 Å². The second kappa shape index (κ2) is 12.3. The van der Waals surface area contributed by atoms with Crippen LogP contribution in [0.4, 0.5) is 4.39 Å². The summed E-state index contributed by atoms with van der Waals surface area (Å²) >= 11 is 6.73. The van der Waals surface area contributed by atoms with Crippen LogP contribution in [0.5, 0.6) is 5.75 Å². The van der Waals surface area contributed by atoms with E-state index in [1.54, 1.807) is 27.8 Å². The number of hydrogen-bond acceptors (Lipinski definition) is 6. The van der Waals surface area contributed by atoms with Crippen molar-refractivity contribution in [1.82, 2.24) is 14.7 Å². The van der Waals surface area contributed by atoms with Crippen LogP contribution in [-0.2, 0) is 9.53 Å². The van der Waals surface area contributed by atoms with Crippen molar-refractivity contribution in [2.75, 3.05) is 26.4 Å². The van der Waals surface area contributed by atoms with Gasteiger partial charge in [-0.25, -0.2) is 9.07 Å². The van der Waals surface area contributed by atoms with Crippen molar-refractivity contribution in [3.05, 3.63) is 71.0 Å². The minimum atomic E-state index is -0.457. The summed E-state index contributed by atoms with van der Waals surface area (Å²) < 4.78 is 27.9. The number of carbonyl (C=O) groups excluding carboxylic acids is 1. The molecular formula is C27H28FN3O3S2. The molecule has 0 aliphatic carbocycles. The lowest BCUT2D eigenvalue weighted by Crippen LogP contribution is -2.29. The van der Waals surface area contributed by atoms with Gasteiger partial charge in [0.15, 0.2) is 11.6 Å². The molecule has 2 heterocycles. The number of thiocarbonyl (C=S) groups is 1. The van der Waals surface area contributed by atoms with Crippen molar-refractivity contribution >= 4 is 40.3 Å². The van der Waals surface area contributed by atoms with Gasteiger partial charge in [-0.15, -0.1) is 0 Å². The largest absolute Gasteiger partial charge is 0.491 e. The van der Waals surface area contributed by atoms with E-state index in [1.807, 2.05) is 50.4 Å². The second-order valence-electron chi connectivity index (χ2n) is 8.09. The van der Waals surface area contributed by atoms with Crippen LogP contribution in [0.25, 0.3) is 23.0 Å². The summed E-state index contributed by atoms with van der Waals surface area (Å²) in [6.07, 6.45) is 5.11. The molecule has 188 valence electrons. The predicted octanol–water partition coefficient (Wildman–Crippen LogP) is 6.10. The van der Waals surface area contributed by atoms with Gasteiger partial charge < -0.3 is 9.47 Å². The molecule has 1 aromatic heterocycles. The Bertz CT molecular complexity index is 1260. The van der Waals surface area contributed by atoms with E-state index in [-0.39, 0.29) is 11.7 Å². The van der Waals surface area contributed by atoms with Gasteiger partial charge in [0.25, 0.3) is 5.91 Å². The maximum absolute atomic E-state index is 14.8. The van der Waals surface area contributed by atoms with Crippen molar-refractivity contribution in [3.63, 3.8) is 0 Å². The van der Waals surface area contributed by atoms with E-state index in [9.17, 15) is 9.18 Å². The van der Waals surface area contributed by atoms with E-state index in [1.165, 1.54) is 17.8 Å². The van der Waals surface area contributed by atoms with Crippen LogP contribution >= 0.6 is 24.0 Å². The molecule has 1 aliphatic heterocycles. The number of rotatable bonds is 11. The highest BCUT2D eigenvalue weighted by Crippen LogP contribution is 2.35. The Morgan fingerprint density at radius 3 is 2.67 bits per heavy atom. The Morgan fingerprint density at radius 1 is 1.14 bits per heavy atom. The molecule has 0 spiro atoms. The number of hydrogen-bond donors (Lipinski definition) is 0. The molecule has 0 saturated carbocycles. The molecule has 1 fully saturated rings. The Balaban J connectivity index is 1.68. The standard InChI is InChI=1S/C27H28FN3O3S2/c1-3-14-34-23-12-11-19(16-22(23)28)25-20(18-31(29-25)21-9-6-5-7-10-21)17-24-26(32)30(27(35)36-24)13-8-15-33-4-2/h5-7,9-12,16-18H,3-4,8,13-15H2,1-2H3. The number of nitrogens with zero attached hydrogens (tertiary/aromatic N) is 3. The first-order valence-corrected chi connectivity index (χ1v) is 13.1. The Morgan fingerprint density at radius 2 is 1.94 bits per heavy atom. The predicted molar refractivity (Wildman–Crippen MR) is 146 cm³/mol. The lowest BCUT2D eigenvalue weighted by atomic mass is 10.1. The van der Waals surface area contributed by atoms with Gasteiger partial charge in [-0.2, -0.15) is 5.10 Å². The van der Waals surface area contributed by atoms with Crippen LogP contribution in [0.1, 0.15) is 32.3 Å². The summed E-state index contributed by atoms with van der Waals surface area (Å²) in [5.41, 5.74) is 2.69. The SMILES string of the molecule is CCCOc1ccc(-c2nn(-c3ccccc3)cc2C=C2SC(=S)N(CCCOCC)C2=O)cc1F. The number of benzene rings is 2. The molecule has 3 aromatic rings. The molecule has 6 nitrogen and oxygen atoms in total. The van der Waals surface area contributed by atoms with E-state index in [0.29, 0.717) is 58.8 Å². The number of amides is 1. The van der Waals surface area contributed by atoms with Gasteiger partial charge in [0.1, 0.15) is 10.0 Å². The monoisotopic (exact) mass is 525 g/mol. The van der Waals surface area contributed by atoms with Crippen LogP contribution < -0.4 is 4.74 Å². The maximum atomic E-state index is 14.8. The molecular weight excluding hydrogens is 497 g/mol. The fourth-order valence-corrected chi connectivity index (χ4v) is 5.01.